The molecule has 0 radical (unpaired) electrons. The molecule has 2 aromatic heterocycles. The number of nitrogens with zero attached hydrogens (tertiary/aromatic N) is 4. The Labute approximate surface area is 174 Å². The number of rotatable bonds is 5. The molecular formula is C23H23N5O2. The monoisotopic (exact) mass is 401 g/mol. The van der Waals surface area contributed by atoms with Crippen LogP contribution in [0.3, 0.4) is 0 Å². The van der Waals surface area contributed by atoms with Gasteiger partial charge in [0.15, 0.2) is 18.1 Å². The first kappa shape index (κ1) is 19.6. The van der Waals surface area contributed by atoms with Gasteiger partial charge in [-0.1, -0.05) is 29.8 Å². The highest BCUT2D eigenvalue weighted by atomic mass is 16.5. The third-order valence-corrected chi connectivity index (χ3v) is 4.81. The van der Waals surface area contributed by atoms with Crippen molar-refractivity contribution in [2.75, 3.05) is 11.9 Å². The van der Waals surface area contributed by atoms with Crippen LogP contribution < -0.4 is 10.1 Å². The lowest BCUT2D eigenvalue weighted by molar-refractivity contribution is -0.118. The van der Waals surface area contributed by atoms with E-state index in [2.05, 4.69) is 20.6 Å². The molecule has 0 spiro atoms. The molecule has 1 N–H and O–H groups in total. The van der Waals surface area contributed by atoms with E-state index < -0.39 is 0 Å². The molecule has 0 aliphatic rings. The molecule has 7 nitrogen and oxygen atoms in total. The standard InChI is InChI=1S/C23H23N5O2/c1-14-10-15(2)23(16(3)11-14)30-13-22(29)24-19-7-5-6-18(12-19)20-8-9-21-26-25-17(4)28(21)27-20/h5-12H,13H2,1-4H3,(H,24,29). The number of aryl methyl sites for hydroxylation is 4. The van der Waals surface area contributed by atoms with Crippen molar-refractivity contribution in [3.05, 3.63) is 71.0 Å². The molecule has 0 atom stereocenters. The average molecular weight is 401 g/mol. The van der Waals surface area contributed by atoms with Gasteiger partial charge >= 0.3 is 0 Å². The Bertz CT molecular complexity index is 1220. The maximum atomic E-state index is 12.4. The predicted octanol–water partition coefficient (Wildman–Crippen LogP) is 4.04. The predicted molar refractivity (Wildman–Crippen MR) is 116 cm³/mol. The van der Waals surface area contributed by atoms with Crippen molar-refractivity contribution in [2.24, 2.45) is 0 Å². The van der Waals surface area contributed by atoms with Crippen LogP contribution in [0.25, 0.3) is 16.9 Å². The zero-order valence-electron chi connectivity index (χ0n) is 17.4. The number of carbonyl (C=O) groups excluding carboxylic acids is 1. The Hall–Kier alpha value is -3.74. The van der Waals surface area contributed by atoms with Crippen LogP contribution in [-0.4, -0.2) is 32.3 Å². The van der Waals surface area contributed by atoms with Crippen molar-refractivity contribution < 1.29 is 9.53 Å². The third-order valence-electron chi connectivity index (χ3n) is 4.81. The fraction of sp³-hybridized carbons (Fsp3) is 0.217. The normalized spacial score (nSPS) is 10.9. The Morgan fingerprint density at radius 3 is 2.53 bits per heavy atom. The minimum absolute atomic E-state index is 0.0565. The van der Waals surface area contributed by atoms with E-state index in [1.807, 2.05) is 76.2 Å². The highest BCUT2D eigenvalue weighted by Gasteiger charge is 2.10. The summed E-state index contributed by atoms with van der Waals surface area (Å²) >= 11 is 0. The van der Waals surface area contributed by atoms with Crippen LogP contribution in [0.1, 0.15) is 22.5 Å². The minimum atomic E-state index is -0.218. The van der Waals surface area contributed by atoms with Crippen molar-refractivity contribution in [3.63, 3.8) is 0 Å². The molecule has 0 unspecified atom stereocenters. The van der Waals surface area contributed by atoms with Gasteiger partial charge in [-0.3, -0.25) is 4.79 Å². The van der Waals surface area contributed by atoms with Crippen LogP contribution in [-0.2, 0) is 4.79 Å². The van der Waals surface area contributed by atoms with Gasteiger partial charge in [0, 0.05) is 11.3 Å². The maximum Gasteiger partial charge on any atom is 0.262 e. The number of fused-ring (bicyclic) bond motifs is 1. The highest BCUT2D eigenvalue weighted by molar-refractivity contribution is 5.92. The Morgan fingerprint density at radius 2 is 1.77 bits per heavy atom. The van der Waals surface area contributed by atoms with Gasteiger partial charge in [-0.05, 0) is 63.1 Å². The Kier molecular flexibility index (Phi) is 5.18. The van der Waals surface area contributed by atoms with E-state index in [1.54, 1.807) is 4.52 Å². The fourth-order valence-corrected chi connectivity index (χ4v) is 3.54. The molecule has 152 valence electrons. The summed E-state index contributed by atoms with van der Waals surface area (Å²) < 4.78 is 7.48. The van der Waals surface area contributed by atoms with E-state index in [-0.39, 0.29) is 12.5 Å². The fourth-order valence-electron chi connectivity index (χ4n) is 3.54. The summed E-state index contributed by atoms with van der Waals surface area (Å²) in [6, 6.07) is 15.4. The van der Waals surface area contributed by atoms with Crippen molar-refractivity contribution in [3.8, 4) is 17.0 Å². The van der Waals surface area contributed by atoms with Crippen LogP contribution >= 0.6 is 0 Å². The van der Waals surface area contributed by atoms with E-state index in [4.69, 9.17) is 4.74 Å². The molecule has 4 aromatic rings. The maximum absolute atomic E-state index is 12.4. The van der Waals surface area contributed by atoms with E-state index in [0.29, 0.717) is 11.3 Å². The van der Waals surface area contributed by atoms with Gasteiger partial charge < -0.3 is 10.1 Å². The van der Waals surface area contributed by atoms with Crippen molar-refractivity contribution in [1.29, 1.82) is 0 Å². The number of hydrogen-bond acceptors (Lipinski definition) is 5. The van der Waals surface area contributed by atoms with Crippen molar-refractivity contribution in [2.45, 2.75) is 27.7 Å². The van der Waals surface area contributed by atoms with Crippen molar-refractivity contribution >= 4 is 17.2 Å². The van der Waals surface area contributed by atoms with Crippen LogP contribution in [0.15, 0.2) is 48.5 Å². The molecule has 0 aliphatic heterocycles. The van der Waals surface area contributed by atoms with Crippen LogP contribution in [0.4, 0.5) is 5.69 Å². The largest absolute Gasteiger partial charge is 0.483 e. The van der Waals surface area contributed by atoms with E-state index in [9.17, 15) is 4.79 Å². The Balaban J connectivity index is 1.47. The summed E-state index contributed by atoms with van der Waals surface area (Å²) in [5, 5.41) is 15.6. The number of benzene rings is 2. The van der Waals surface area contributed by atoms with Crippen LogP contribution in [0, 0.1) is 27.7 Å². The second-order valence-electron chi connectivity index (χ2n) is 7.38. The lowest BCUT2D eigenvalue weighted by Gasteiger charge is -2.13. The molecule has 0 fully saturated rings. The van der Waals surface area contributed by atoms with Gasteiger partial charge in [0.2, 0.25) is 0 Å². The van der Waals surface area contributed by atoms with Crippen molar-refractivity contribution in [1.82, 2.24) is 19.8 Å². The number of hydrogen-bond donors (Lipinski definition) is 1. The summed E-state index contributed by atoms with van der Waals surface area (Å²) in [6.07, 6.45) is 0. The molecule has 0 saturated carbocycles. The van der Waals surface area contributed by atoms with Gasteiger partial charge in [0.25, 0.3) is 5.91 Å². The molecule has 30 heavy (non-hydrogen) atoms. The second kappa shape index (κ2) is 7.94. The quantitative estimate of drug-likeness (QED) is 0.546. The first-order valence-electron chi connectivity index (χ1n) is 9.71. The first-order chi connectivity index (χ1) is 14.4. The van der Waals surface area contributed by atoms with E-state index >= 15 is 0 Å². The van der Waals surface area contributed by atoms with Gasteiger partial charge in [0.05, 0.1) is 5.69 Å². The molecule has 0 saturated heterocycles. The van der Waals surface area contributed by atoms with Gasteiger partial charge in [-0.15, -0.1) is 10.2 Å². The molecule has 1 amide bonds. The minimum Gasteiger partial charge on any atom is -0.483 e. The lowest BCUT2D eigenvalue weighted by Crippen LogP contribution is -2.20. The SMILES string of the molecule is Cc1cc(C)c(OCC(=O)Nc2cccc(-c3ccc4nnc(C)n4n3)c2)c(C)c1. The molecule has 0 aliphatic carbocycles. The average Bonchev–Trinajstić information content (AvgIpc) is 3.07. The first-order valence-corrected chi connectivity index (χ1v) is 9.71. The molecule has 7 heteroatoms. The molecular weight excluding hydrogens is 378 g/mol. The number of nitrogens with one attached hydrogen (secondary N) is 1. The van der Waals surface area contributed by atoms with Gasteiger partial charge in [-0.2, -0.15) is 9.61 Å². The number of amides is 1. The summed E-state index contributed by atoms with van der Waals surface area (Å²) in [6.45, 7) is 7.81. The van der Waals surface area contributed by atoms with Crippen LogP contribution in [0.2, 0.25) is 0 Å². The highest BCUT2D eigenvalue weighted by Crippen LogP contribution is 2.25. The van der Waals surface area contributed by atoms with E-state index in [0.717, 1.165) is 34.0 Å². The van der Waals surface area contributed by atoms with Gasteiger partial charge in [0.1, 0.15) is 5.75 Å². The zero-order valence-corrected chi connectivity index (χ0v) is 17.4. The molecule has 4 rings (SSSR count). The van der Waals surface area contributed by atoms with Crippen LogP contribution in [0.5, 0.6) is 5.75 Å². The number of carbonyl (C=O) groups is 1. The molecule has 2 aromatic carbocycles. The molecule has 2 heterocycles. The number of ether oxygens (including phenoxy) is 1. The summed E-state index contributed by atoms with van der Waals surface area (Å²) in [5.41, 5.74) is 6.24. The second-order valence-corrected chi connectivity index (χ2v) is 7.38. The smallest absolute Gasteiger partial charge is 0.262 e. The summed E-state index contributed by atoms with van der Waals surface area (Å²) in [4.78, 5) is 12.4. The molecule has 0 bridgehead atoms. The number of aromatic nitrogens is 4. The van der Waals surface area contributed by atoms with Gasteiger partial charge in [-0.25, -0.2) is 0 Å². The summed E-state index contributed by atoms with van der Waals surface area (Å²) in [7, 11) is 0. The summed E-state index contributed by atoms with van der Waals surface area (Å²) in [5.74, 6) is 1.26. The number of anilines is 1. The topological polar surface area (TPSA) is 81.4 Å². The Morgan fingerprint density at radius 1 is 1.00 bits per heavy atom. The van der Waals surface area contributed by atoms with E-state index in [1.165, 1.54) is 5.56 Å². The third kappa shape index (κ3) is 4.00. The lowest BCUT2D eigenvalue weighted by atomic mass is 10.1. The zero-order chi connectivity index (χ0) is 21.3.